The highest BCUT2D eigenvalue weighted by atomic mass is 32.2. The average molecular weight is 412 g/mol. The molecule has 0 aliphatic carbocycles. The highest BCUT2D eigenvalue weighted by molar-refractivity contribution is 8.13. The molecule has 0 saturated heterocycles. The van der Waals surface area contributed by atoms with Crippen LogP contribution in [0, 0.1) is 12.8 Å². The molecular weight excluding hydrogens is 382 g/mol. The van der Waals surface area contributed by atoms with Gasteiger partial charge in [-0.05, 0) is 49.8 Å². The molecule has 0 heterocycles. The predicted molar refractivity (Wildman–Crippen MR) is 113 cm³/mol. The van der Waals surface area contributed by atoms with Crippen LogP contribution in [0.15, 0.2) is 24.3 Å². The highest BCUT2D eigenvalue weighted by Gasteiger charge is 2.27. The molecule has 0 radical (unpaired) electrons. The Bertz CT molecular complexity index is 636. The second-order valence-electron chi connectivity index (χ2n) is 6.22. The molecule has 1 rings (SSSR count). The summed E-state index contributed by atoms with van der Waals surface area (Å²) >= 11 is 2.75. The molecule has 1 N–H and O–H groups in total. The minimum absolute atomic E-state index is 0.0260. The second-order valence-corrected chi connectivity index (χ2v) is 8.41. The summed E-state index contributed by atoms with van der Waals surface area (Å²) in [5, 5.41) is 2.82. The molecular formula is C20H29NO4S2. The van der Waals surface area contributed by atoms with E-state index in [9.17, 15) is 14.4 Å². The third-order valence-electron chi connectivity index (χ3n) is 4.08. The average Bonchev–Trinajstić information content (AvgIpc) is 2.63. The van der Waals surface area contributed by atoms with Crippen molar-refractivity contribution in [3.05, 3.63) is 35.4 Å². The zero-order valence-corrected chi connectivity index (χ0v) is 18.1. The first-order valence-electron chi connectivity index (χ1n) is 9.02. The van der Waals surface area contributed by atoms with Gasteiger partial charge in [0.1, 0.15) is 6.04 Å². The van der Waals surface area contributed by atoms with Gasteiger partial charge in [-0.1, -0.05) is 36.0 Å². The fourth-order valence-corrected chi connectivity index (χ4v) is 3.74. The largest absolute Gasteiger partial charge is 0.464 e. The van der Waals surface area contributed by atoms with Gasteiger partial charge in [-0.15, -0.1) is 0 Å². The number of carbonyl (C=O) groups is 3. The summed E-state index contributed by atoms with van der Waals surface area (Å²) in [6, 6.07) is 7.23. The predicted octanol–water partition coefficient (Wildman–Crippen LogP) is 3.23. The maximum atomic E-state index is 12.9. The van der Waals surface area contributed by atoms with Gasteiger partial charge in [0.25, 0.3) is 0 Å². The van der Waals surface area contributed by atoms with Crippen LogP contribution in [0.25, 0.3) is 0 Å². The molecule has 0 bridgehead atoms. The van der Waals surface area contributed by atoms with Crippen LogP contribution in [0.4, 0.5) is 0 Å². The first kappa shape index (κ1) is 23.6. The molecule has 0 aliphatic heterocycles. The summed E-state index contributed by atoms with van der Waals surface area (Å²) in [6.45, 7) is 5.52. The lowest BCUT2D eigenvalue weighted by molar-refractivity contribution is -0.147. The van der Waals surface area contributed by atoms with Crippen LogP contribution in [-0.4, -0.2) is 47.4 Å². The number of ether oxygens (including phenoxy) is 1. The van der Waals surface area contributed by atoms with Crippen molar-refractivity contribution in [3.63, 3.8) is 0 Å². The highest BCUT2D eigenvalue weighted by Crippen LogP contribution is 2.19. The van der Waals surface area contributed by atoms with Crippen LogP contribution in [0.3, 0.4) is 0 Å². The number of esters is 1. The van der Waals surface area contributed by atoms with Crippen molar-refractivity contribution < 1.29 is 19.1 Å². The Balaban J connectivity index is 2.90. The normalized spacial score (nSPS) is 12.9. The SMILES string of the molecule is CCOC(=O)[C@H](CCSC)NC(=O)[C@H](CSC(C)=O)Cc1ccccc1C. The third-order valence-corrected chi connectivity index (χ3v) is 5.70. The van der Waals surface area contributed by atoms with E-state index in [1.165, 1.54) is 6.92 Å². The smallest absolute Gasteiger partial charge is 0.328 e. The van der Waals surface area contributed by atoms with Crippen LogP contribution in [0.1, 0.15) is 31.4 Å². The van der Waals surface area contributed by atoms with E-state index in [0.29, 0.717) is 18.6 Å². The molecule has 0 unspecified atom stereocenters. The van der Waals surface area contributed by atoms with E-state index in [0.717, 1.165) is 28.6 Å². The first-order chi connectivity index (χ1) is 12.9. The van der Waals surface area contributed by atoms with E-state index >= 15 is 0 Å². The number of amides is 1. The van der Waals surface area contributed by atoms with Gasteiger partial charge in [0, 0.05) is 12.7 Å². The quantitative estimate of drug-likeness (QED) is 0.564. The summed E-state index contributed by atoms with van der Waals surface area (Å²) in [6.07, 6.45) is 2.99. The maximum absolute atomic E-state index is 12.9. The maximum Gasteiger partial charge on any atom is 0.328 e. The lowest BCUT2D eigenvalue weighted by atomic mass is 9.96. The number of benzene rings is 1. The van der Waals surface area contributed by atoms with Gasteiger partial charge in [0.2, 0.25) is 5.91 Å². The molecule has 7 heteroatoms. The standard InChI is InChI=1S/C20H29NO4S2/c1-5-25-20(24)18(10-11-26-4)21-19(23)17(13-27-15(3)22)12-16-9-7-6-8-14(16)2/h6-9,17-18H,5,10-13H2,1-4H3,(H,21,23)/t17-,18-/m0/s1. The zero-order chi connectivity index (χ0) is 20.2. The minimum atomic E-state index is -0.661. The third kappa shape index (κ3) is 8.84. The van der Waals surface area contributed by atoms with E-state index in [2.05, 4.69) is 5.32 Å². The van der Waals surface area contributed by atoms with E-state index in [4.69, 9.17) is 4.74 Å². The van der Waals surface area contributed by atoms with E-state index in [-0.39, 0.29) is 17.6 Å². The van der Waals surface area contributed by atoms with Gasteiger partial charge >= 0.3 is 5.97 Å². The number of aryl methyl sites for hydroxylation is 1. The Morgan fingerprint density at radius 1 is 1.22 bits per heavy atom. The molecule has 1 aromatic carbocycles. The van der Waals surface area contributed by atoms with Gasteiger partial charge in [0.15, 0.2) is 5.12 Å². The van der Waals surface area contributed by atoms with Gasteiger partial charge in [-0.3, -0.25) is 9.59 Å². The Morgan fingerprint density at radius 2 is 1.93 bits per heavy atom. The van der Waals surface area contributed by atoms with Gasteiger partial charge in [0.05, 0.1) is 12.5 Å². The Labute approximate surface area is 170 Å². The molecule has 5 nitrogen and oxygen atoms in total. The summed E-state index contributed by atoms with van der Waals surface area (Å²) in [7, 11) is 0. The van der Waals surface area contributed by atoms with Crippen LogP contribution < -0.4 is 5.32 Å². The molecule has 27 heavy (non-hydrogen) atoms. The molecule has 1 amide bonds. The summed E-state index contributed by atoms with van der Waals surface area (Å²) in [4.78, 5) is 36.5. The zero-order valence-electron chi connectivity index (χ0n) is 16.4. The molecule has 2 atom stereocenters. The first-order valence-corrected chi connectivity index (χ1v) is 11.4. The number of rotatable bonds is 11. The molecule has 0 spiro atoms. The number of thioether (sulfide) groups is 2. The fourth-order valence-electron chi connectivity index (χ4n) is 2.57. The summed E-state index contributed by atoms with van der Waals surface area (Å²) in [5.41, 5.74) is 2.17. The number of hydrogen-bond acceptors (Lipinski definition) is 6. The lowest BCUT2D eigenvalue weighted by Gasteiger charge is -2.22. The number of nitrogens with one attached hydrogen (secondary N) is 1. The summed E-state index contributed by atoms with van der Waals surface area (Å²) < 4.78 is 5.10. The topological polar surface area (TPSA) is 72.5 Å². The van der Waals surface area contributed by atoms with Crippen molar-refractivity contribution in [2.24, 2.45) is 5.92 Å². The molecule has 0 saturated carbocycles. The minimum Gasteiger partial charge on any atom is -0.464 e. The monoisotopic (exact) mass is 411 g/mol. The molecule has 0 fully saturated rings. The molecule has 0 aliphatic rings. The van der Waals surface area contributed by atoms with Gasteiger partial charge in [-0.2, -0.15) is 11.8 Å². The van der Waals surface area contributed by atoms with Crippen molar-refractivity contribution >= 4 is 40.5 Å². The Hall–Kier alpha value is -1.47. The Morgan fingerprint density at radius 3 is 2.52 bits per heavy atom. The number of carbonyl (C=O) groups excluding carboxylic acids is 3. The molecule has 1 aromatic rings. The van der Waals surface area contributed by atoms with Crippen LogP contribution in [0.2, 0.25) is 0 Å². The molecule has 150 valence electrons. The van der Waals surface area contributed by atoms with Crippen molar-refractivity contribution in [3.8, 4) is 0 Å². The van der Waals surface area contributed by atoms with Gasteiger partial charge in [-0.25, -0.2) is 4.79 Å². The van der Waals surface area contributed by atoms with Crippen LogP contribution in [0.5, 0.6) is 0 Å². The van der Waals surface area contributed by atoms with Crippen molar-refractivity contribution in [1.82, 2.24) is 5.32 Å². The second kappa shape index (κ2) is 12.8. The fraction of sp³-hybridized carbons (Fsp3) is 0.550. The lowest BCUT2D eigenvalue weighted by Crippen LogP contribution is -2.46. The van der Waals surface area contributed by atoms with E-state index in [1.807, 2.05) is 37.4 Å². The van der Waals surface area contributed by atoms with Crippen LogP contribution in [-0.2, 0) is 25.5 Å². The Kier molecular flexibility index (Phi) is 11.2. The van der Waals surface area contributed by atoms with Gasteiger partial charge < -0.3 is 10.1 Å². The van der Waals surface area contributed by atoms with Crippen molar-refractivity contribution in [2.75, 3.05) is 24.4 Å². The van der Waals surface area contributed by atoms with E-state index < -0.39 is 17.9 Å². The number of hydrogen-bond donors (Lipinski definition) is 1. The van der Waals surface area contributed by atoms with E-state index in [1.54, 1.807) is 18.7 Å². The van der Waals surface area contributed by atoms with Crippen molar-refractivity contribution in [2.45, 2.75) is 39.7 Å². The summed E-state index contributed by atoms with van der Waals surface area (Å²) in [5.74, 6) is 0.105. The van der Waals surface area contributed by atoms with Crippen LogP contribution >= 0.6 is 23.5 Å². The molecule has 0 aromatic heterocycles. The van der Waals surface area contributed by atoms with Crippen molar-refractivity contribution in [1.29, 1.82) is 0 Å².